The van der Waals surface area contributed by atoms with Crippen molar-refractivity contribution in [3.8, 4) is 17.0 Å². The van der Waals surface area contributed by atoms with Gasteiger partial charge in [-0.2, -0.15) is 18.3 Å². The van der Waals surface area contributed by atoms with Crippen molar-refractivity contribution in [2.24, 2.45) is 0 Å². The first-order valence-corrected chi connectivity index (χ1v) is 12.9. The number of carbonyl (C=O) groups excluding carboxylic acids is 1. The maximum atomic E-state index is 14.1. The minimum Gasteiger partial charge on any atom is -0.497 e. The van der Waals surface area contributed by atoms with E-state index in [9.17, 15) is 18.0 Å². The third-order valence-electron chi connectivity index (χ3n) is 6.46. The molecular weight excluding hydrogens is 578 g/mol. The smallest absolute Gasteiger partial charge is 0.433 e. The lowest BCUT2D eigenvalue weighted by atomic mass is 10.1. The molecule has 1 aliphatic heterocycles. The van der Waals surface area contributed by atoms with Gasteiger partial charge in [-0.15, -0.1) is 0 Å². The second-order valence-electron chi connectivity index (χ2n) is 8.96. The van der Waals surface area contributed by atoms with Crippen LogP contribution in [0.1, 0.15) is 21.7 Å². The number of fused-ring (bicyclic) bond motifs is 1. The number of halogens is 6. The Balaban J connectivity index is 1.41. The summed E-state index contributed by atoms with van der Waals surface area (Å²) < 4.78 is 47.9. The van der Waals surface area contributed by atoms with E-state index in [0.717, 1.165) is 11.6 Å². The summed E-state index contributed by atoms with van der Waals surface area (Å²) in [7, 11) is 1.45. The molecule has 2 aromatic heterocycles. The molecule has 0 radical (unpaired) electrons. The number of rotatable bonds is 5. The number of ether oxygens (including phenoxy) is 1. The Morgan fingerprint density at radius 2 is 1.77 bits per heavy atom. The lowest BCUT2D eigenvalue weighted by molar-refractivity contribution is -0.142. The number of amides is 1. The summed E-state index contributed by atoms with van der Waals surface area (Å²) in [5.41, 5.74) is -0.332. The molecule has 0 bridgehead atoms. The fourth-order valence-electron chi connectivity index (χ4n) is 4.41. The van der Waals surface area contributed by atoms with Gasteiger partial charge in [0.15, 0.2) is 17.0 Å². The molecule has 1 amide bonds. The van der Waals surface area contributed by atoms with Gasteiger partial charge < -0.3 is 9.64 Å². The van der Waals surface area contributed by atoms with Crippen LogP contribution in [0.15, 0.2) is 48.5 Å². The van der Waals surface area contributed by atoms with Crippen LogP contribution in [0.5, 0.6) is 5.75 Å². The van der Waals surface area contributed by atoms with Gasteiger partial charge in [0.1, 0.15) is 10.8 Å². The Hall–Kier alpha value is -3.05. The highest BCUT2D eigenvalue weighted by Crippen LogP contribution is 2.35. The average molecular weight is 599 g/mol. The van der Waals surface area contributed by atoms with E-state index in [1.807, 2.05) is 6.07 Å². The van der Waals surface area contributed by atoms with Gasteiger partial charge in [-0.3, -0.25) is 9.69 Å². The third kappa shape index (κ3) is 5.65. The molecule has 39 heavy (non-hydrogen) atoms. The van der Waals surface area contributed by atoms with Crippen molar-refractivity contribution in [1.82, 2.24) is 24.4 Å². The van der Waals surface area contributed by atoms with Crippen molar-refractivity contribution in [3.63, 3.8) is 0 Å². The number of alkyl halides is 3. The van der Waals surface area contributed by atoms with Crippen LogP contribution in [0.4, 0.5) is 13.2 Å². The Bertz CT molecular complexity index is 1550. The van der Waals surface area contributed by atoms with E-state index in [-0.39, 0.29) is 22.1 Å². The number of piperazine rings is 1. The summed E-state index contributed by atoms with van der Waals surface area (Å²) >= 11 is 18.7. The topological polar surface area (TPSA) is 63.0 Å². The van der Waals surface area contributed by atoms with Crippen LogP contribution in [-0.4, -0.2) is 63.6 Å². The molecule has 4 aromatic rings. The maximum Gasteiger partial charge on any atom is 0.433 e. The number of hydrogen-bond acceptors (Lipinski definition) is 5. The van der Waals surface area contributed by atoms with E-state index in [1.165, 1.54) is 12.0 Å². The van der Waals surface area contributed by atoms with Gasteiger partial charge in [-0.25, -0.2) is 9.50 Å². The summed E-state index contributed by atoms with van der Waals surface area (Å²) in [4.78, 5) is 21.3. The number of benzene rings is 2. The molecule has 13 heteroatoms. The van der Waals surface area contributed by atoms with Crippen LogP contribution in [0.3, 0.4) is 0 Å². The lowest BCUT2D eigenvalue weighted by Crippen LogP contribution is -2.48. The molecule has 0 atom stereocenters. The van der Waals surface area contributed by atoms with E-state index < -0.39 is 17.8 Å². The van der Waals surface area contributed by atoms with E-state index >= 15 is 0 Å². The highest BCUT2D eigenvalue weighted by atomic mass is 35.5. The SMILES string of the molecule is COc1cccc(-c2cc(C(F)(F)F)n3nc(C(=O)N4CCN(Cc5ccc(Cl)cc5Cl)CC4)c(Cl)c3n2)c1. The third-order valence-corrected chi connectivity index (χ3v) is 7.39. The van der Waals surface area contributed by atoms with Crippen LogP contribution < -0.4 is 4.74 Å². The molecule has 2 aromatic carbocycles. The van der Waals surface area contributed by atoms with Crippen molar-refractivity contribution in [1.29, 1.82) is 0 Å². The summed E-state index contributed by atoms with van der Waals surface area (Å²) in [6.45, 7) is 2.30. The first kappa shape index (κ1) is 27.5. The number of methoxy groups -OCH3 is 1. The minimum absolute atomic E-state index is 0.0176. The standard InChI is InChI=1S/C26H21Cl3F3N5O2/c1-39-18-4-2-3-15(11-18)20-13-21(26(30,31)32)37-24(33-20)22(29)23(34-37)25(38)36-9-7-35(8-10-36)14-16-5-6-17(27)12-19(16)28/h2-6,11-13H,7-10,14H2,1H3. The zero-order valence-electron chi connectivity index (χ0n) is 20.5. The van der Waals surface area contributed by atoms with Crippen molar-refractivity contribution in [3.05, 3.63) is 80.6 Å². The van der Waals surface area contributed by atoms with Crippen LogP contribution in [-0.2, 0) is 12.7 Å². The van der Waals surface area contributed by atoms with Crippen molar-refractivity contribution in [2.45, 2.75) is 12.7 Å². The molecule has 1 aliphatic rings. The quantitative estimate of drug-likeness (QED) is 0.268. The van der Waals surface area contributed by atoms with Crippen LogP contribution in [0.2, 0.25) is 15.1 Å². The fraction of sp³-hybridized carbons (Fsp3) is 0.269. The zero-order valence-corrected chi connectivity index (χ0v) is 22.7. The predicted octanol–water partition coefficient (Wildman–Crippen LogP) is 6.34. The summed E-state index contributed by atoms with van der Waals surface area (Å²) in [6.07, 6.45) is -4.78. The molecular formula is C26H21Cl3F3N5O2. The Labute approximate surface area is 236 Å². The first-order valence-electron chi connectivity index (χ1n) is 11.8. The van der Waals surface area contributed by atoms with Gasteiger partial charge in [-0.05, 0) is 35.9 Å². The molecule has 0 spiro atoms. The summed E-state index contributed by atoms with van der Waals surface area (Å²) in [5, 5.41) is 4.83. The van der Waals surface area contributed by atoms with Crippen molar-refractivity contribution >= 4 is 46.4 Å². The summed E-state index contributed by atoms with van der Waals surface area (Å²) in [5.74, 6) is -0.110. The van der Waals surface area contributed by atoms with Crippen LogP contribution in [0.25, 0.3) is 16.9 Å². The normalized spacial score (nSPS) is 14.7. The van der Waals surface area contributed by atoms with E-state index in [1.54, 1.807) is 36.4 Å². The van der Waals surface area contributed by atoms with E-state index in [4.69, 9.17) is 39.5 Å². The predicted molar refractivity (Wildman–Crippen MR) is 143 cm³/mol. The van der Waals surface area contributed by atoms with Crippen molar-refractivity contribution in [2.75, 3.05) is 33.3 Å². The van der Waals surface area contributed by atoms with E-state index in [2.05, 4.69) is 15.0 Å². The van der Waals surface area contributed by atoms with Gasteiger partial charge in [0, 0.05) is 48.3 Å². The highest BCUT2D eigenvalue weighted by Gasteiger charge is 2.37. The highest BCUT2D eigenvalue weighted by molar-refractivity contribution is 6.36. The van der Waals surface area contributed by atoms with Gasteiger partial charge in [0.2, 0.25) is 0 Å². The number of carbonyl (C=O) groups is 1. The maximum absolute atomic E-state index is 14.1. The van der Waals surface area contributed by atoms with Crippen LogP contribution in [0, 0.1) is 0 Å². The molecule has 5 rings (SSSR count). The molecule has 0 saturated carbocycles. The Morgan fingerprint density at radius 3 is 2.44 bits per heavy atom. The zero-order chi connectivity index (χ0) is 27.9. The second-order valence-corrected chi connectivity index (χ2v) is 10.2. The fourth-order valence-corrected chi connectivity index (χ4v) is 5.12. The Kier molecular flexibility index (Phi) is 7.65. The van der Waals surface area contributed by atoms with Gasteiger partial charge in [0.25, 0.3) is 5.91 Å². The molecule has 0 N–H and O–H groups in total. The molecule has 7 nitrogen and oxygen atoms in total. The first-order chi connectivity index (χ1) is 18.5. The largest absolute Gasteiger partial charge is 0.497 e. The lowest BCUT2D eigenvalue weighted by Gasteiger charge is -2.34. The van der Waals surface area contributed by atoms with Gasteiger partial charge in [0.05, 0.1) is 12.8 Å². The molecule has 1 saturated heterocycles. The minimum atomic E-state index is -4.78. The van der Waals surface area contributed by atoms with Crippen molar-refractivity contribution < 1.29 is 22.7 Å². The average Bonchev–Trinajstić information content (AvgIpc) is 3.25. The molecule has 3 heterocycles. The molecule has 0 unspecified atom stereocenters. The van der Waals surface area contributed by atoms with E-state index in [0.29, 0.717) is 58.6 Å². The Morgan fingerprint density at radius 1 is 1.03 bits per heavy atom. The number of nitrogens with zero attached hydrogens (tertiary/aromatic N) is 5. The van der Waals surface area contributed by atoms with Gasteiger partial charge >= 0.3 is 6.18 Å². The summed E-state index contributed by atoms with van der Waals surface area (Å²) in [6, 6.07) is 12.6. The molecule has 204 valence electrons. The molecule has 0 aliphatic carbocycles. The van der Waals surface area contributed by atoms with Crippen LogP contribution >= 0.6 is 34.8 Å². The second kappa shape index (κ2) is 10.8. The molecule has 1 fully saturated rings. The number of aromatic nitrogens is 3. The van der Waals surface area contributed by atoms with Gasteiger partial charge in [-0.1, -0.05) is 53.0 Å². The monoisotopic (exact) mass is 597 g/mol. The number of hydrogen-bond donors (Lipinski definition) is 0.